The van der Waals surface area contributed by atoms with Crippen LogP contribution in [0.25, 0.3) is 0 Å². The Bertz CT molecular complexity index is 271. The molecule has 0 bridgehead atoms. The van der Waals surface area contributed by atoms with Crippen molar-refractivity contribution in [2.45, 2.75) is 43.7 Å². The second-order valence-corrected chi connectivity index (χ2v) is 5.10. The third kappa shape index (κ3) is 2.78. The number of rotatable bonds is 4. The number of carbonyl (C=O) groups is 1. The van der Waals surface area contributed by atoms with Gasteiger partial charge in [0.1, 0.15) is 0 Å². The van der Waals surface area contributed by atoms with Gasteiger partial charge in [-0.15, -0.1) is 0 Å². The van der Waals surface area contributed by atoms with Crippen LogP contribution in [-0.2, 0) is 9.53 Å². The lowest BCUT2D eigenvalue weighted by molar-refractivity contribution is -0.143. The van der Waals surface area contributed by atoms with Crippen LogP contribution < -0.4 is 5.73 Å². The highest BCUT2D eigenvalue weighted by molar-refractivity contribution is 5.87. The molecule has 2 rings (SSSR count). The molecule has 3 N–H and O–H groups in total. The molecule has 1 heterocycles. The number of aliphatic hydroxyl groups excluding tert-OH is 1. The summed E-state index contributed by atoms with van der Waals surface area (Å²) in [6.07, 6.45) is 4.60. The van der Waals surface area contributed by atoms with Gasteiger partial charge in [-0.25, -0.2) is 0 Å². The molecule has 2 aliphatic rings. The number of hydrogen-bond donors (Lipinski definition) is 2. The van der Waals surface area contributed by atoms with Crippen molar-refractivity contribution in [3.05, 3.63) is 0 Å². The van der Waals surface area contributed by atoms with Crippen molar-refractivity contribution < 1.29 is 14.6 Å². The molecule has 5 nitrogen and oxygen atoms in total. The molecule has 17 heavy (non-hydrogen) atoms. The Kier molecular flexibility index (Phi) is 4.01. The predicted molar refractivity (Wildman–Crippen MR) is 63.4 cm³/mol. The van der Waals surface area contributed by atoms with E-state index in [1.807, 2.05) is 4.90 Å². The quantitative estimate of drug-likeness (QED) is 0.720. The number of hydrogen-bond acceptors (Lipinski definition) is 4. The Morgan fingerprint density at radius 3 is 2.53 bits per heavy atom. The van der Waals surface area contributed by atoms with Gasteiger partial charge < -0.3 is 20.5 Å². The number of carbonyl (C=O) groups excluding carboxylic acids is 1. The van der Waals surface area contributed by atoms with Crippen molar-refractivity contribution >= 4 is 5.91 Å². The van der Waals surface area contributed by atoms with Gasteiger partial charge in [-0.05, 0) is 32.1 Å². The molecule has 1 amide bonds. The van der Waals surface area contributed by atoms with Crippen molar-refractivity contribution in [2.75, 3.05) is 26.3 Å². The van der Waals surface area contributed by atoms with Crippen LogP contribution in [0.5, 0.6) is 0 Å². The lowest BCUT2D eigenvalue weighted by atomic mass is 9.76. The molecule has 1 saturated carbocycles. The predicted octanol–water partition coefficient (Wildman–Crippen LogP) is -0.132. The van der Waals surface area contributed by atoms with Crippen molar-refractivity contribution in [1.82, 2.24) is 4.90 Å². The second-order valence-electron chi connectivity index (χ2n) is 5.10. The maximum absolute atomic E-state index is 12.1. The smallest absolute Gasteiger partial charge is 0.242 e. The van der Waals surface area contributed by atoms with Gasteiger partial charge in [0.2, 0.25) is 5.91 Å². The van der Waals surface area contributed by atoms with E-state index in [2.05, 4.69) is 0 Å². The molecule has 98 valence electrons. The van der Waals surface area contributed by atoms with Crippen molar-refractivity contribution in [3.8, 4) is 0 Å². The molecule has 0 aromatic heterocycles. The van der Waals surface area contributed by atoms with Crippen molar-refractivity contribution in [3.63, 3.8) is 0 Å². The van der Waals surface area contributed by atoms with Gasteiger partial charge in [-0.2, -0.15) is 0 Å². The summed E-state index contributed by atoms with van der Waals surface area (Å²) in [6.45, 7) is 1.91. The van der Waals surface area contributed by atoms with E-state index >= 15 is 0 Å². The molecule has 1 saturated heterocycles. The SMILES string of the molecule is NC1(C(=O)N2CCC(OCCO)CC2)CCC1. The monoisotopic (exact) mass is 242 g/mol. The number of aliphatic hydroxyl groups is 1. The first-order valence-electron chi connectivity index (χ1n) is 6.46. The van der Waals surface area contributed by atoms with E-state index in [9.17, 15) is 4.79 Å². The molecular formula is C12H22N2O3. The van der Waals surface area contributed by atoms with Gasteiger partial charge >= 0.3 is 0 Å². The van der Waals surface area contributed by atoms with E-state index in [1.54, 1.807) is 0 Å². The summed E-state index contributed by atoms with van der Waals surface area (Å²) in [7, 11) is 0. The maximum atomic E-state index is 12.1. The molecular weight excluding hydrogens is 220 g/mol. The van der Waals surface area contributed by atoms with E-state index in [1.165, 1.54) is 0 Å². The van der Waals surface area contributed by atoms with E-state index in [-0.39, 0.29) is 18.6 Å². The molecule has 0 spiro atoms. The lowest BCUT2D eigenvalue weighted by Crippen LogP contribution is -2.60. The fourth-order valence-corrected chi connectivity index (χ4v) is 2.53. The third-order valence-electron chi connectivity index (χ3n) is 3.85. The molecule has 0 unspecified atom stereocenters. The Labute approximate surface area is 102 Å². The number of nitrogens with two attached hydrogens (primary N) is 1. The molecule has 0 radical (unpaired) electrons. The minimum absolute atomic E-state index is 0.0606. The summed E-state index contributed by atoms with van der Waals surface area (Å²) in [6, 6.07) is 0. The van der Waals surface area contributed by atoms with Crippen LogP contribution in [-0.4, -0.2) is 53.9 Å². The molecule has 2 fully saturated rings. The zero-order chi connectivity index (χ0) is 12.3. The summed E-state index contributed by atoms with van der Waals surface area (Å²) in [5.74, 6) is 0.115. The summed E-state index contributed by atoms with van der Waals surface area (Å²) < 4.78 is 5.47. The Hall–Kier alpha value is -0.650. The van der Waals surface area contributed by atoms with E-state index in [4.69, 9.17) is 15.6 Å². The molecule has 1 aliphatic heterocycles. The Morgan fingerprint density at radius 2 is 2.06 bits per heavy atom. The average Bonchev–Trinajstić information content (AvgIpc) is 2.33. The normalized spacial score (nSPS) is 24.5. The lowest BCUT2D eigenvalue weighted by Gasteiger charge is -2.42. The van der Waals surface area contributed by atoms with E-state index in [0.717, 1.165) is 45.2 Å². The Morgan fingerprint density at radius 1 is 1.41 bits per heavy atom. The maximum Gasteiger partial charge on any atom is 0.242 e. The van der Waals surface area contributed by atoms with Crippen molar-refractivity contribution in [2.24, 2.45) is 5.73 Å². The fraction of sp³-hybridized carbons (Fsp3) is 0.917. The molecule has 0 atom stereocenters. The highest BCUT2D eigenvalue weighted by Crippen LogP contribution is 2.31. The van der Waals surface area contributed by atoms with E-state index < -0.39 is 5.54 Å². The number of nitrogens with zero attached hydrogens (tertiary/aromatic N) is 1. The fourth-order valence-electron chi connectivity index (χ4n) is 2.53. The number of amides is 1. The molecule has 1 aliphatic carbocycles. The highest BCUT2D eigenvalue weighted by atomic mass is 16.5. The zero-order valence-electron chi connectivity index (χ0n) is 10.2. The summed E-state index contributed by atoms with van der Waals surface area (Å²) in [5.41, 5.74) is 5.47. The first-order valence-corrected chi connectivity index (χ1v) is 6.46. The molecule has 0 aromatic carbocycles. The van der Waals surface area contributed by atoms with E-state index in [0.29, 0.717) is 6.61 Å². The Balaban J connectivity index is 1.76. The van der Waals surface area contributed by atoms with Gasteiger partial charge in [0, 0.05) is 13.1 Å². The molecule has 5 heteroatoms. The summed E-state index contributed by atoms with van der Waals surface area (Å²) in [4.78, 5) is 14.0. The van der Waals surface area contributed by atoms with Crippen LogP contribution in [0.15, 0.2) is 0 Å². The highest BCUT2D eigenvalue weighted by Gasteiger charge is 2.43. The van der Waals surface area contributed by atoms with Crippen LogP contribution in [0, 0.1) is 0 Å². The second kappa shape index (κ2) is 5.33. The van der Waals surface area contributed by atoms with Gasteiger partial charge in [-0.1, -0.05) is 0 Å². The van der Waals surface area contributed by atoms with Crippen LogP contribution in [0.1, 0.15) is 32.1 Å². The summed E-state index contributed by atoms with van der Waals surface area (Å²) >= 11 is 0. The van der Waals surface area contributed by atoms with Gasteiger partial charge in [0.25, 0.3) is 0 Å². The van der Waals surface area contributed by atoms with Gasteiger partial charge in [0.15, 0.2) is 0 Å². The first-order chi connectivity index (χ1) is 8.15. The van der Waals surface area contributed by atoms with Crippen molar-refractivity contribution in [1.29, 1.82) is 0 Å². The van der Waals surface area contributed by atoms with Crippen LogP contribution in [0.3, 0.4) is 0 Å². The van der Waals surface area contributed by atoms with Crippen LogP contribution in [0.2, 0.25) is 0 Å². The number of ether oxygens (including phenoxy) is 1. The number of likely N-dealkylation sites (tertiary alicyclic amines) is 1. The number of piperidine rings is 1. The van der Waals surface area contributed by atoms with Gasteiger partial charge in [0.05, 0.1) is 24.9 Å². The third-order valence-corrected chi connectivity index (χ3v) is 3.85. The average molecular weight is 242 g/mol. The van der Waals surface area contributed by atoms with Gasteiger partial charge in [-0.3, -0.25) is 4.79 Å². The summed E-state index contributed by atoms with van der Waals surface area (Å²) in [5, 5.41) is 8.68. The topological polar surface area (TPSA) is 75.8 Å². The standard InChI is InChI=1S/C12H22N2O3/c13-12(4-1-5-12)11(16)14-6-2-10(3-7-14)17-9-8-15/h10,15H,1-9,13H2. The minimum Gasteiger partial charge on any atom is -0.394 e. The minimum atomic E-state index is -0.571. The van der Waals surface area contributed by atoms with Crippen LogP contribution in [0.4, 0.5) is 0 Å². The largest absolute Gasteiger partial charge is 0.394 e. The zero-order valence-corrected chi connectivity index (χ0v) is 10.2. The molecule has 0 aromatic rings. The first kappa shape index (κ1) is 12.8. The van der Waals surface area contributed by atoms with Crippen LogP contribution >= 0.6 is 0 Å².